The van der Waals surface area contributed by atoms with Crippen molar-refractivity contribution in [1.29, 1.82) is 0 Å². The fourth-order valence-corrected chi connectivity index (χ4v) is 2.22. The highest BCUT2D eigenvalue weighted by Gasteiger charge is 2.20. The van der Waals surface area contributed by atoms with Crippen LogP contribution >= 0.6 is 0 Å². The molecular weight excluding hydrogens is 280 g/mol. The molecular formula is C17H28N2O3. The SMILES string of the molecule is CCOc1ccc(CNC(=O)N(CC)CC(C)(C)O)cc1C. The Balaban J connectivity index is 2.61. The molecule has 0 heterocycles. The average molecular weight is 308 g/mol. The Kier molecular flexibility index (Phi) is 6.68. The van der Waals surface area contributed by atoms with Gasteiger partial charge in [0.2, 0.25) is 0 Å². The van der Waals surface area contributed by atoms with Gasteiger partial charge in [-0.1, -0.05) is 12.1 Å². The van der Waals surface area contributed by atoms with Crippen LogP contribution in [0.4, 0.5) is 4.79 Å². The normalized spacial score (nSPS) is 11.2. The number of urea groups is 1. The maximum atomic E-state index is 12.2. The molecule has 0 aliphatic rings. The second kappa shape index (κ2) is 8.03. The summed E-state index contributed by atoms with van der Waals surface area (Å²) in [4.78, 5) is 13.8. The number of nitrogens with one attached hydrogen (secondary N) is 1. The average Bonchev–Trinajstić information content (AvgIpc) is 2.44. The van der Waals surface area contributed by atoms with Crippen molar-refractivity contribution in [3.05, 3.63) is 29.3 Å². The summed E-state index contributed by atoms with van der Waals surface area (Å²) in [5, 5.41) is 12.7. The highest BCUT2D eigenvalue weighted by molar-refractivity contribution is 5.74. The van der Waals surface area contributed by atoms with E-state index in [1.165, 1.54) is 0 Å². The summed E-state index contributed by atoms with van der Waals surface area (Å²) in [6.07, 6.45) is 0. The number of ether oxygens (including phenoxy) is 1. The van der Waals surface area contributed by atoms with Crippen LogP contribution in [-0.2, 0) is 6.54 Å². The van der Waals surface area contributed by atoms with Gasteiger partial charge in [0.25, 0.3) is 0 Å². The van der Waals surface area contributed by atoms with Crippen molar-refractivity contribution in [3.8, 4) is 5.75 Å². The first-order valence-electron chi connectivity index (χ1n) is 7.74. The van der Waals surface area contributed by atoms with Gasteiger partial charge in [0.1, 0.15) is 5.75 Å². The van der Waals surface area contributed by atoms with Gasteiger partial charge in [-0.2, -0.15) is 0 Å². The fraction of sp³-hybridized carbons (Fsp3) is 0.588. The third-order valence-electron chi connectivity index (χ3n) is 3.23. The first-order chi connectivity index (χ1) is 10.3. The molecule has 0 aromatic heterocycles. The van der Waals surface area contributed by atoms with Crippen LogP contribution < -0.4 is 10.1 Å². The summed E-state index contributed by atoms with van der Waals surface area (Å²) in [6.45, 7) is 11.2. The van der Waals surface area contributed by atoms with Crippen LogP contribution in [0.15, 0.2) is 18.2 Å². The summed E-state index contributed by atoms with van der Waals surface area (Å²) in [5.41, 5.74) is 1.18. The van der Waals surface area contributed by atoms with Crippen molar-refractivity contribution >= 4 is 6.03 Å². The van der Waals surface area contributed by atoms with Gasteiger partial charge in [-0.05, 0) is 51.8 Å². The zero-order valence-corrected chi connectivity index (χ0v) is 14.3. The molecule has 124 valence electrons. The maximum absolute atomic E-state index is 12.2. The molecule has 5 nitrogen and oxygen atoms in total. The molecule has 5 heteroatoms. The van der Waals surface area contributed by atoms with Crippen LogP contribution in [0, 0.1) is 6.92 Å². The van der Waals surface area contributed by atoms with Crippen molar-refractivity contribution in [2.75, 3.05) is 19.7 Å². The number of carbonyl (C=O) groups excluding carboxylic acids is 1. The van der Waals surface area contributed by atoms with Gasteiger partial charge in [-0.3, -0.25) is 0 Å². The Morgan fingerprint density at radius 2 is 2.05 bits per heavy atom. The Hall–Kier alpha value is -1.75. The molecule has 0 radical (unpaired) electrons. The summed E-state index contributed by atoms with van der Waals surface area (Å²) < 4.78 is 5.50. The third-order valence-corrected chi connectivity index (χ3v) is 3.23. The predicted octanol–water partition coefficient (Wildman–Crippen LogP) is 2.70. The van der Waals surface area contributed by atoms with Crippen LogP contribution in [0.25, 0.3) is 0 Å². The molecule has 0 saturated carbocycles. The zero-order valence-electron chi connectivity index (χ0n) is 14.3. The van der Waals surface area contributed by atoms with Crippen LogP contribution in [0.5, 0.6) is 5.75 Å². The topological polar surface area (TPSA) is 61.8 Å². The number of hydrogen-bond acceptors (Lipinski definition) is 3. The zero-order chi connectivity index (χ0) is 16.8. The fourth-order valence-electron chi connectivity index (χ4n) is 2.22. The number of likely N-dealkylation sites (N-methyl/N-ethyl adjacent to an activating group) is 1. The molecule has 0 unspecified atom stereocenters. The number of aliphatic hydroxyl groups is 1. The summed E-state index contributed by atoms with van der Waals surface area (Å²) >= 11 is 0. The second-order valence-electron chi connectivity index (χ2n) is 6.02. The maximum Gasteiger partial charge on any atom is 0.317 e. The van der Waals surface area contributed by atoms with Crippen molar-refractivity contribution in [2.45, 2.75) is 46.8 Å². The molecule has 22 heavy (non-hydrogen) atoms. The van der Waals surface area contributed by atoms with E-state index in [1.807, 2.05) is 39.0 Å². The van der Waals surface area contributed by atoms with Gasteiger partial charge in [-0.25, -0.2) is 4.79 Å². The number of aryl methyl sites for hydroxylation is 1. The molecule has 0 aliphatic heterocycles. The highest BCUT2D eigenvalue weighted by atomic mass is 16.5. The van der Waals surface area contributed by atoms with Crippen molar-refractivity contribution in [3.63, 3.8) is 0 Å². The minimum Gasteiger partial charge on any atom is -0.494 e. The van der Waals surface area contributed by atoms with Gasteiger partial charge in [0.05, 0.1) is 18.8 Å². The first-order valence-corrected chi connectivity index (χ1v) is 7.74. The van der Waals surface area contributed by atoms with Crippen molar-refractivity contribution in [1.82, 2.24) is 10.2 Å². The number of nitrogens with zero attached hydrogens (tertiary/aromatic N) is 1. The lowest BCUT2D eigenvalue weighted by Crippen LogP contribution is -2.46. The number of hydrogen-bond donors (Lipinski definition) is 2. The van der Waals surface area contributed by atoms with Gasteiger partial charge in [0, 0.05) is 13.1 Å². The van der Waals surface area contributed by atoms with Gasteiger partial charge >= 0.3 is 6.03 Å². The molecule has 1 rings (SSSR count). The van der Waals surface area contributed by atoms with Crippen LogP contribution in [-0.4, -0.2) is 41.3 Å². The quantitative estimate of drug-likeness (QED) is 0.814. The van der Waals surface area contributed by atoms with Crippen molar-refractivity contribution < 1.29 is 14.6 Å². The Morgan fingerprint density at radius 1 is 1.36 bits per heavy atom. The van der Waals surface area contributed by atoms with E-state index in [2.05, 4.69) is 5.32 Å². The lowest BCUT2D eigenvalue weighted by Gasteiger charge is -2.28. The molecule has 0 aliphatic carbocycles. The lowest BCUT2D eigenvalue weighted by molar-refractivity contribution is 0.0480. The highest BCUT2D eigenvalue weighted by Crippen LogP contribution is 2.19. The number of rotatable bonds is 7. The summed E-state index contributed by atoms with van der Waals surface area (Å²) in [7, 11) is 0. The molecule has 2 amide bonds. The van der Waals surface area contributed by atoms with Crippen molar-refractivity contribution in [2.24, 2.45) is 0 Å². The molecule has 1 aromatic carbocycles. The summed E-state index contributed by atoms with van der Waals surface area (Å²) in [5.74, 6) is 0.870. The van der Waals surface area contributed by atoms with Gasteiger partial charge in [-0.15, -0.1) is 0 Å². The molecule has 0 fully saturated rings. The number of benzene rings is 1. The van der Waals surface area contributed by atoms with E-state index in [4.69, 9.17) is 4.74 Å². The molecule has 2 N–H and O–H groups in total. The van der Waals surface area contributed by atoms with E-state index in [-0.39, 0.29) is 6.03 Å². The van der Waals surface area contributed by atoms with Crippen LogP contribution in [0.1, 0.15) is 38.8 Å². The van der Waals surface area contributed by atoms with Crippen LogP contribution in [0.2, 0.25) is 0 Å². The lowest BCUT2D eigenvalue weighted by atomic mass is 10.1. The van der Waals surface area contributed by atoms with E-state index in [0.29, 0.717) is 26.2 Å². The molecule has 0 saturated heterocycles. The smallest absolute Gasteiger partial charge is 0.317 e. The second-order valence-corrected chi connectivity index (χ2v) is 6.02. The first kappa shape index (κ1) is 18.3. The standard InChI is InChI=1S/C17H28N2O3/c1-6-19(12-17(4,5)21)16(20)18-11-14-8-9-15(22-7-2)13(3)10-14/h8-10,21H,6-7,11-12H2,1-5H3,(H,18,20). The van der Waals surface area contributed by atoms with E-state index in [1.54, 1.807) is 18.7 Å². The Bertz CT molecular complexity index is 495. The molecule has 0 atom stereocenters. The largest absolute Gasteiger partial charge is 0.494 e. The summed E-state index contributed by atoms with van der Waals surface area (Å²) in [6, 6.07) is 5.72. The third kappa shape index (κ3) is 5.93. The van der Waals surface area contributed by atoms with Gasteiger partial charge in [0.15, 0.2) is 0 Å². The van der Waals surface area contributed by atoms with Gasteiger partial charge < -0.3 is 20.1 Å². The van der Waals surface area contributed by atoms with E-state index in [9.17, 15) is 9.90 Å². The minimum absolute atomic E-state index is 0.170. The molecule has 0 spiro atoms. The Labute approximate surface area is 133 Å². The minimum atomic E-state index is -0.900. The Morgan fingerprint density at radius 3 is 2.55 bits per heavy atom. The predicted molar refractivity (Wildman–Crippen MR) is 88.1 cm³/mol. The monoisotopic (exact) mass is 308 g/mol. The number of carbonyl (C=O) groups is 1. The van der Waals surface area contributed by atoms with E-state index < -0.39 is 5.60 Å². The molecule has 1 aromatic rings. The van der Waals surface area contributed by atoms with Crippen LogP contribution in [0.3, 0.4) is 0 Å². The van der Waals surface area contributed by atoms with E-state index in [0.717, 1.165) is 16.9 Å². The number of amides is 2. The van der Waals surface area contributed by atoms with E-state index >= 15 is 0 Å². The molecule has 0 bridgehead atoms.